The SMILES string of the molecule is ClC1=CC(c2ccc(Cl)c(Cl)c2)=C(Cl)CC1. The van der Waals surface area contributed by atoms with Gasteiger partial charge in [0.25, 0.3) is 0 Å². The highest BCUT2D eigenvalue weighted by molar-refractivity contribution is 6.42. The molecule has 0 fully saturated rings. The van der Waals surface area contributed by atoms with Gasteiger partial charge < -0.3 is 0 Å². The number of benzene rings is 1. The molecule has 2 rings (SSSR count). The molecule has 0 aliphatic heterocycles. The van der Waals surface area contributed by atoms with Gasteiger partial charge in [0.15, 0.2) is 0 Å². The Morgan fingerprint density at radius 2 is 1.62 bits per heavy atom. The van der Waals surface area contributed by atoms with Crippen molar-refractivity contribution in [3.05, 3.63) is 49.9 Å². The number of allylic oxidation sites excluding steroid dienone is 4. The van der Waals surface area contributed by atoms with Crippen LogP contribution in [0.4, 0.5) is 0 Å². The fourth-order valence-corrected chi connectivity index (χ4v) is 2.33. The van der Waals surface area contributed by atoms with E-state index in [4.69, 9.17) is 46.4 Å². The summed E-state index contributed by atoms with van der Waals surface area (Å²) < 4.78 is 0. The van der Waals surface area contributed by atoms with Crippen LogP contribution >= 0.6 is 46.4 Å². The Morgan fingerprint density at radius 3 is 2.31 bits per heavy atom. The molecule has 0 aromatic heterocycles. The first-order valence-electron chi connectivity index (χ1n) is 4.78. The average molecular weight is 294 g/mol. The maximum Gasteiger partial charge on any atom is 0.0598 e. The van der Waals surface area contributed by atoms with Crippen molar-refractivity contribution in [2.24, 2.45) is 0 Å². The minimum absolute atomic E-state index is 0.520. The van der Waals surface area contributed by atoms with E-state index in [1.807, 2.05) is 12.1 Å². The lowest BCUT2D eigenvalue weighted by molar-refractivity contribution is 1.00. The van der Waals surface area contributed by atoms with Gasteiger partial charge in [0.2, 0.25) is 0 Å². The summed E-state index contributed by atoms with van der Waals surface area (Å²) in [5.74, 6) is 0. The summed E-state index contributed by atoms with van der Waals surface area (Å²) in [6.45, 7) is 0. The maximum atomic E-state index is 6.17. The van der Waals surface area contributed by atoms with Gasteiger partial charge in [-0.25, -0.2) is 0 Å². The van der Waals surface area contributed by atoms with E-state index in [-0.39, 0.29) is 0 Å². The highest BCUT2D eigenvalue weighted by atomic mass is 35.5. The van der Waals surface area contributed by atoms with E-state index in [1.165, 1.54) is 0 Å². The van der Waals surface area contributed by atoms with E-state index in [0.717, 1.165) is 34.0 Å². The molecule has 0 N–H and O–H groups in total. The summed E-state index contributed by atoms with van der Waals surface area (Å²) in [5, 5.41) is 2.67. The van der Waals surface area contributed by atoms with Crippen LogP contribution in [0.3, 0.4) is 0 Å². The minimum Gasteiger partial charge on any atom is -0.0891 e. The van der Waals surface area contributed by atoms with Crippen molar-refractivity contribution < 1.29 is 0 Å². The minimum atomic E-state index is 0.520. The Kier molecular flexibility index (Phi) is 3.86. The third-order valence-electron chi connectivity index (χ3n) is 2.41. The zero-order chi connectivity index (χ0) is 11.7. The first kappa shape index (κ1) is 12.3. The van der Waals surface area contributed by atoms with Gasteiger partial charge in [0.1, 0.15) is 0 Å². The largest absolute Gasteiger partial charge is 0.0891 e. The maximum absolute atomic E-state index is 6.17. The fourth-order valence-electron chi connectivity index (χ4n) is 1.57. The molecule has 0 bridgehead atoms. The molecule has 0 heterocycles. The summed E-state index contributed by atoms with van der Waals surface area (Å²) >= 11 is 24.0. The fraction of sp³-hybridized carbons (Fsp3) is 0.167. The molecule has 1 aromatic rings. The second kappa shape index (κ2) is 5.01. The van der Waals surface area contributed by atoms with E-state index in [0.29, 0.717) is 10.0 Å². The quantitative estimate of drug-likeness (QED) is 0.608. The van der Waals surface area contributed by atoms with Crippen LogP contribution in [0.5, 0.6) is 0 Å². The van der Waals surface area contributed by atoms with Crippen LogP contribution < -0.4 is 0 Å². The van der Waals surface area contributed by atoms with E-state index < -0.39 is 0 Å². The van der Waals surface area contributed by atoms with Gasteiger partial charge in [0, 0.05) is 10.1 Å². The molecule has 16 heavy (non-hydrogen) atoms. The molecular formula is C12H8Cl4. The lowest BCUT2D eigenvalue weighted by Gasteiger charge is -2.13. The molecule has 0 saturated heterocycles. The molecule has 0 radical (unpaired) electrons. The lowest BCUT2D eigenvalue weighted by atomic mass is 9.99. The standard InChI is InChI=1S/C12H8Cl4/c13-8-2-4-10(14)9(6-8)7-1-3-11(15)12(16)5-7/h1,3,5-6H,2,4H2. The highest BCUT2D eigenvalue weighted by Crippen LogP contribution is 2.36. The second-order valence-corrected chi connectivity index (χ2v) is 5.29. The highest BCUT2D eigenvalue weighted by Gasteiger charge is 2.13. The van der Waals surface area contributed by atoms with E-state index in [1.54, 1.807) is 12.1 Å². The Balaban J connectivity index is 2.48. The summed E-state index contributed by atoms with van der Waals surface area (Å²) in [5.41, 5.74) is 1.87. The first-order chi connectivity index (χ1) is 7.58. The third-order valence-corrected chi connectivity index (χ3v) is 3.84. The number of rotatable bonds is 1. The molecule has 1 aromatic carbocycles. The van der Waals surface area contributed by atoms with Gasteiger partial charge in [-0.3, -0.25) is 0 Å². The van der Waals surface area contributed by atoms with Crippen LogP contribution in [0.15, 0.2) is 34.3 Å². The summed E-state index contributed by atoms with van der Waals surface area (Å²) in [4.78, 5) is 0. The lowest BCUT2D eigenvalue weighted by Crippen LogP contribution is -1.92. The van der Waals surface area contributed by atoms with Crippen molar-refractivity contribution in [3.63, 3.8) is 0 Å². The van der Waals surface area contributed by atoms with Crippen LogP contribution in [0, 0.1) is 0 Å². The van der Waals surface area contributed by atoms with Crippen LogP contribution in [-0.4, -0.2) is 0 Å². The van der Waals surface area contributed by atoms with Crippen molar-refractivity contribution in [2.75, 3.05) is 0 Å². The first-order valence-corrected chi connectivity index (χ1v) is 6.29. The van der Waals surface area contributed by atoms with Crippen LogP contribution in [0.2, 0.25) is 10.0 Å². The smallest absolute Gasteiger partial charge is 0.0598 e. The zero-order valence-corrected chi connectivity index (χ0v) is 11.3. The Hall–Kier alpha value is -0.140. The molecule has 84 valence electrons. The Labute approximate surface area is 114 Å². The predicted molar refractivity (Wildman–Crippen MR) is 72.4 cm³/mol. The van der Waals surface area contributed by atoms with Gasteiger partial charge in [-0.05, 0) is 42.2 Å². The second-order valence-electron chi connectivity index (χ2n) is 3.54. The monoisotopic (exact) mass is 292 g/mol. The molecule has 0 amide bonds. The van der Waals surface area contributed by atoms with E-state index >= 15 is 0 Å². The number of halogens is 4. The molecular weight excluding hydrogens is 286 g/mol. The Bertz CT molecular complexity index is 486. The van der Waals surface area contributed by atoms with Crippen LogP contribution in [0.25, 0.3) is 5.57 Å². The van der Waals surface area contributed by atoms with Gasteiger partial charge in [-0.2, -0.15) is 0 Å². The third kappa shape index (κ3) is 2.57. The van der Waals surface area contributed by atoms with Crippen molar-refractivity contribution >= 4 is 52.0 Å². The molecule has 1 aliphatic carbocycles. The van der Waals surface area contributed by atoms with E-state index in [9.17, 15) is 0 Å². The number of hydrogen-bond donors (Lipinski definition) is 0. The Morgan fingerprint density at radius 1 is 0.875 bits per heavy atom. The summed E-state index contributed by atoms with van der Waals surface area (Å²) in [6, 6.07) is 5.44. The average Bonchev–Trinajstić information content (AvgIpc) is 2.26. The molecule has 0 atom stereocenters. The molecule has 0 saturated carbocycles. The molecule has 0 nitrogen and oxygen atoms in total. The zero-order valence-electron chi connectivity index (χ0n) is 8.24. The molecule has 0 unspecified atom stereocenters. The molecule has 0 spiro atoms. The van der Waals surface area contributed by atoms with Crippen LogP contribution in [-0.2, 0) is 0 Å². The number of hydrogen-bond acceptors (Lipinski definition) is 0. The van der Waals surface area contributed by atoms with Crippen molar-refractivity contribution in [3.8, 4) is 0 Å². The predicted octanol–water partition coefficient (Wildman–Crippen LogP) is 5.86. The van der Waals surface area contributed by atoms with Crippen LogP contribution in [0.1, 0.15) is 18.4 Å². The van der Waals surface area contributed by atoms with Crippen molar-refractivity contribution in [2.45, 2.75) is 12.8 Å². The van der Waals surface area contributed by atoms with Gasteiger partial charge in [0.05, 0.1) is 10.0 Å². The van der Waals surface area contributed by atoms with Gasteiger partial charge >= 0.3 is 0 Å². The topological polar surface area (TPSA) is 0 Å². The van der Waals surface area contributed by atoms with Crippen molar-refractivity contribution in [1.82, 2.24) is 0 Å². The van der Waals surface area contributed by atoms with E-state index in [2.05, 4.69) is 0 Å². The summed E-state index contributed by atoms with van der Waals surface area (Å²) in [6.07, 6.45) is 3.45. The van der Waals surface area contributed by atoms with Gasteiger partial charge in [-0.15, -0.1) is 0 Å². The summed E-state index contributed by atoms with van der Waals surface area (Å²) in [7, 11) is 0. The normalized spacial score (nSPS) is 16.4. The molecule has 1 aliphatic rings. The molecule has 4 heteroatoms. The van der Waals surface area contributed by atoms with Crippen molar-refractivity contribution in [1.29, 1.82) is 0 Å². The van der Waals surface area contributed by atoms with Gasteiger partial charge in [-0.1, -0.05) is 52.5 Å².